The number of carbonyl (C=O) groups is 1. The Hall–Kier alpha value is -2.56. The highest BCUT2D eigenvalue weighted by Gasteiger charge is 2.09. The van der Waals surface area contributed by atoms with Crippen molar-refractivity contribution in [3.05, 3.63) is 59.9 Å². The lowest BCUT2D eigenvalue weighted by Gasteiger charge is -2.18. The summed E-state index contributed by atoms with van der Waals surface area (Å²) < 4.78 is 12.8. The Morgan fingerprint density at radius 1 is 1.15 bits per heavy atom. The lowest BCUT2D eigenvalue weighted by atomic mass is 10.2. The lowest BCUT2D eigenvalue weighted by Crippen LogP contribution is -2.30. The van der Waals surface area contributed by atoms with Crippen LogP contribution in [0.2, 0.25) is 0 Å². The maximum absolute atomic E-state index is 12.8. The molecule has 2 amide bonds. The molecule has 5 heteroatoms. The molecule has 3 N–H and O–H groups in total. The smallest absolute Gasteiger partial charge is 0.321 e. The molecule has 0 aliphatic carbocycles. The predicted molar refractivity (Wildman–Crippen MR) is 77.7 cm³/mol. The molecule has 0 heterocycles. The van der Waals surface area contributed by atoms with Gasteiger partial charge in [0.05, 0.1) is 0 Å². The van der Waals surface area contributed by atoms with Gasteiger partial charge in [0.1, 0.15) is 5.82 Å². The molecule has 2 aromatic rings. The van der Waals surface area contributed by atoms with Crippen molar-refractivity contribution in [1.29, 1.82) is 0 Å². The summed E-state index contributed by atoms with van der Waals surface area (Å²) in [4.78, 5) is 13.5. The highest BCUT2D eigenvalue weighted by Crippen LogP contribution is 2.12. The van der Waals surface area contributed by atoms with Crippen LogP contribution >= 0.6 is 0 Å². The van der Waals surface area contributed by atoms with Gasteiger partial charge in [-0.15, -0.1) is 0 Å². The number of urea groups is 1. The normalized spacial score (nSPS) is 10.1. The molecule has 20 heavy (non-hydrogen) atoms. The molecule has 0 aromatic heterocycles. The third-order valence-electron chi connectivity index (χ3n) is 2.84. The maximum atomic E-state index is 12.8. The van der Waals surface area contributed by atoms with E-state index in [9.17, 15) is 9.18 Å². The van der Waals surface area contributed by atoms with Gasteiger partial charge in [-0.1, -0.05) is 12.1 Å². The Kier molecular flexibility index (Phi) is 4.20. The molecule has 0 aliphatic heterocycles. The molecular formula is C15H16FN3O. The van der Waals surface area contributed by atoms with Crippen LogP contribution in [0.5, 0.6) is 0 Å². The molecule has 0 saturated carbocycles. The van der Waals surface area contributed by atoms with Gasteiger partial charge < -0.3 is 16.0 Å². The van der Waals surface area contributed by atoms with Crippen molar-refractivity contribution in [1.82, 2.24) is 4.90 Å². The average molecular weight is 273 g/mol. The number of nitrogens with one attached hydrogen (secondary N) is 1. The molecular weight excluding hydrogens is 257 g/mol. The fraction of sp³-hybridized carbons (Fsp3) is 0.133. The minimum Gasteiger partial charge on any atom is -0.399 e. The molecule has 2 rings (SSSR count). The van der Waals surface area contributed by atoms with Crippen molar-refractivity contribution >= 4 is 17.4 Å². The molecule has 0 saturated heterocycles. The van der Waals surface area contributed by atoms with Gasteiger partial charge in [0.2, 0.25) is 0 Å². The van der Waals surface area contributed by atoms with Gasteiger partial charge in [0, 0.05) is 25.0 Å². The quantitative estimate of drug-likeness (QED) is 0.844. The van der Waals surface area contributed by atoms with Gasteiger partial charge in [-0.05, 0) is 42.0 Å². The number of benzene rings is 2. The Labute approximate surface area is 117 Å². The SMILES string of the molecule is CN(Cc1ccc(F)cc1)C(=O)Nc1ccc(N)cc1. The second-order valence-electron chi connectivity index (χ2n) is 4.53. The molecule has 4 nitrogen and oxygen atoms in total. The molecule has 0 bridgehead atoms. The largest absolute Gasteiger partial charge is 0.399 e. The first-order valence-corrected chi connectivity index (χ1v) is 6.17. The first-order chi connectivity index (χ1) is 9.54. The highest BCUT2D eigenvalue weighted by atomic mass is 19.1. The predicted octanol–water partition coefficient (Wildman–Crippen LogP) is 3.07. The molecule has 2 aromatic carbocycles. The Morgan fingerprint density at radius 3 is 2.35 bits per heavy atom. The van der Waals surface area contributed by atoms with Gasteiger partial charge >= 0.3 is 6.03 Å². The number of nitrogens with zero attached hydrogens (tertiary/aromatic N) is 1. The zero-order valence-corrected chi connectivity index (χ0v) is 11.1. The molecule has 0 unspecified atom stereocenters. The van der Waals surface area contributed by atoms with Gasteiger partial charge in [0.25, 0.3) is 0 Å². The molecule has 0 fully saturated rings. The van der Waals surface area contributed by atoms with Gasteiger partial charge in [-0.25, -0.2) is 9.18 Å². The minimum atomic E-state index is -0.289. The van der Waals surface area contributed by atoms with E-state index in [2.05, 4.69) is 5.32 Å². The maximum Gasteiger partial charge on any atom is 0.321 e. The number of amides is 2. The minimum absolute atomic E-state index is 0.237. The lowest BCUT2D eigenvalue weighted by molar-refractivity contribution is 0.220. The fourth-order valence-electron chi connectivity index (χ4n) is 1.72. The third kappa shape index (κ3) is 3.71. The monoisotopic (exact) mass is 273 g/mol. The number of hydrogen-bond acceptors (Lipinski definition) is 2. The Balaban J connectivity index is 1.94. The van der Waals surface area contributed by atoms with Crippen molar-refractivity contribution in [3.63, 3.8) is 0 Å². The molecule has 0 atom stereocenters. The number of anilines is 2. The number of rotatable bonds is 3. The van der Waals surface area contributed by atoms with E-state index in [1.54, 1.807) is 43.4 Å². The van der Waals surface area contributed by atoms with E-state index < -0.39 is 0 Å². The van der Waals surface area contributed by atoms with Crippen LogP contribution in [0.1, 0.15) is 5.56 Å². The van der Waals surface area contributed by atoms with Crippen LogP contribution < -0.4 is 11.1 Å². The van der Waals surface area contributed by atoms with Crippen molar-refractivity contribution in [2.75, 3.05) is 18.1 Å². The Morgan fingerprint density at radius 2 is 1.75 bits per heavy atom. The van der Waals surface area contributed by atoms with Crippen molar-refractivity contribution in [2.45, 2.75) is 6.54 Å². The average Bonchev–Trinajstić information content (AvgIpc) is 2.44. The van der Waals surface area contributed by atoms with Crippen LogP contribution in [-0.2, 0) is 6.54 Å². The van der Waals surface area contributed by atoms with Crippen LogP contribution in [0.25, 0.3) is 0 Å². The number of hydrogen-bond donors (Lipinski definition) is 2. The summed E-state index contributed by atoms with van der Waals surface area (Å²) in [6.07, 6.45) is 0. The summed E-state index contributed by atoms with van der Waals surface area (Å²) in [6.45, 7) is 0.404. The van der Waals surface area contributed by atoms with Crippen molar-refractivity contribution < 1.29 is 9.18 Å². The summed E-state index contributed by atoms with van der Waals surface area (Å²) in [7, 11) is 1.68. The first kappa shape index (κ1) is 13.9. The second-order valence-corrected chi connectivity index (χ2v) is 4.53. The van der Waals surface area contributed by atoms with Gasteiger partial charge in [0.15, 0.2) is 0 Å². The van der Waals surface area contributed by atoms with Crippen molar-refractivity contribution in [2.24, 2.45) is 0 Å². The van der Waals surface area contributed by atoms with Crippen LogP contribution in [0.3, 0.4) is 0 Å². The summed E-state index contributed by atoms with van der Waals surface area (Å²) in [5, 5.41) is 2.76. The van der Waals surface area contributed by atoms with E-state index >= 15 is 0 Å². The van der Waals surface area contributed by atoms with E-state index in [1.165, 1.54) is 17.0 Å². The highest BCUT2D eigenvalue weighted by molar-refractivity contribution is 5.89. The van der Waals surface area contributed by atoms with Gasteiger partial charge in [-0.3, -0.25) is 0 Å². The van der Waals surface area contributed by atoms with Crippen molar-refractivity contribution in [3.8, 4) is 0 Å². The third-order valence-corrected chi connectivity index (χ3v) is 2.84. The Bertz CT molecular complexity index is 581. The van der Waals surface area contributed by atoms with E-state index in [4.69, 9.17) is 5.73 Å². The molecule has 0 radical (unpaired) electrons. The number of halogens is 1. The summed E-state index contributed by atoms with van der Waals surface area (Å²) in [5.41, 5.74) is 7.76. The van der Waals surface area contributed by atoms with E-state index in [-0.39, 0.29) is 11.8 Å². The fourth-order valence-corrected chi connectivity index (χ4v) is 1.72. The zero-order chi connectivity index (χ0) is 14.5. The van der Waals surface area contributed by atoms with E-state index in [0.29, 0.717) is 17.9 Å². The molecule has 0 aliphatic rings. The van der Waals surface area contributed by atoms with Crippen LogP contribution in [0.15, 0.2) is 48.5 Å². The summed E-state index contributed by atoms with van der Waals surface area (Å²) in [5.74, 6) is -0.289. The first-order valence-electron chi connectivity index (χ1n) is 6.17. The summed E-state index contributed by atoms with van der Waals surface area (Å²) >= 11 is 0. The van der Waals surface area contributed by atoms with Crippen LogP contribution in [-0.4, -0.2) is 18.0 Å². The number of nitrogen functional groups attached to an aromatic ring is 1. The van der Waals surface area contributed by atoms with E-state index in [1.807, 2.05) is 0 Å². The van der Waals surface area contributed by atoms with Gasteiger partial charge in [-0.2, -0.15) is 0 Å². The molecule has 104 valence electrons. The standard InChI is InChI=1S/C15H16FN3O/c1-19(10-11-2-4-12(16)5-3-11)15(20)18-14-8-6-13(17)7-9-14/h2-9H,10,17H2,1H3,(H,18,20). The number of carbonyl (C=O) groups excluding carboxylic acids is 1. The van der Waals surface area contributed by atoms with Crippen LogP contribution in [0, 0.1) is 5.82 Å². The second kappa shape index (κ2) is 6.06. The zero-order valence-electron chi connectivity index (χ0n) is 11.1. The van der Waals surface area contributed by atoms with E-state index in [0.717, 1.165) is 5.56 Å². The number of nitrogens with two attached hydrogens (primary N) is 1. The topological polar surface area (TPSA) is 58.4 Å². The van der Waals surface area contributed by atoms with Crippen LogP contribution in [0.4, 0.5) is 20.6 Å². The molecule has 0 spiro atoms. The summed E-state index contributed by atoms with van der Waals surface area (Å²) in [6, 6.07) is 12.7.